The molecule has 0 saturated heterocycles. The maximum Gasteiger partial charge on any atom is 0.208 e. The number of halogens is 1. The number of guanidine groups is 1. The lowest BCUT2D eigenvalue weighted by atomic mass is 10.1. The number of aliphatic imine (C=N–C) groups is 1. The molecule has 0 bridgehead atoms. The van der Waals surface area contributed by atoms with Gasteiger partial charge >= 0.3 is 0 Å². The summed E-state index contributed by atoms with van der Waals surface area (Å²) >= 11 is 0. The summed E-state index contributed by atoms with van der Waals surface area (Å²) in [6.07, 6.45) is 1.81. The van der Waals surface area contributed by atoms with Gasteiger partial charge in [-0.15, -0.1) is 24.0 Å². The van der Waals surface area contributed by atoms with Gasteiger partial charge in [-0.1, -0.05) is 30.3 Å². The first-order chi connectivity index (χ1) is 10.4. The van der Waals surface area contributed by atoms with E-state index in [4.69, 9.17) is 0 Å². The fourth-order valence-electron chi connectivity index (χ4n) is 1.88. The van der Waals surface area contributed by atoms with E-state index in [1.165, 1.54) is 5.56 Å². The average molecular weight is 454 g/mol. The van der Waals surface area contributed by atoms with E-state index < -0.39 is 10.0 Å². The van der Waals surface area contributed by atoms with Crippen LogP contribution in [0.4, 0.5) is 0 Å². The van der Waals surface area contributed by atoms with Crippen LogP contribution in [0.2, 0.25) is 0 Å². The number of nitrogens with one attached hydrogen (secondary N) is 3. The molecule has 0 aliphatic heterocycles. The number of hydrogen-bond donors (Lipinski definition) is 3. The van der Waals surface area contributed by atoms with E-state index in [9.17, 15) is 8.42 Å². The molecule has 1 aromatic rings. The van der Waals surface area contributed by atoms with Crippen molar-refractivity contribution in [3.63, 3.8) is 0 Å². The summed E-state index contributed by atoms with van der Waals surface area (Å²) in [5.74, 6) is 0.734. The number of rotatable bonds is 8. The molecule has 1 aromatic carbocycles. The van der Waals surface area contributed by atoms with E-state index in [-0.39, 0.29) is 30.0 Å². The molecule has 0 fully saturated rings. The minimum absolute atomic E-state index is 0. The first-order valence-electron chi connectivity index (χ1n) is 7.47. The first-order valence-corrected chi connectivity index (χ1v) is 9.36. The fraction of sp³-hybridized carbons (Fsp3) is 0.533. The van der Waals surface area contributed by atoms with Crippen LogP contribution in [-0.2, 0) is 10.0 Å². The number of hydrogen-bond acceptors (Lipinski definition) is 3. The molecule has 0 aliphatic rings. The van der Waals surface area contributed by atoms with Crippen LogP contribution in [0.1, 0.15) is 31.9 Å². The van der Waals surface area contributed by atoms with Crippen LogP contribution in [0.15, 0.2) is 35.3 Å². The maximum atomic E-state index is 11.0. The SMILES string of the molecule is CCNC(=NCCCNS(C)(=O)=O)NC(C)c1ccccc1.I. The second-order valence-corrected chi connectivity index (χ2v) is 6.89. The van der Waals surface area contributed by atoms with Gasteiger partial charge in [-0.05, 0) is 25.8 Å². The van der Waals surface area contributed by atoms with Gasteiger partial charge in [0.05, 0.1) is 12.3 Å². The van der Waals surface area contributed by atoms with Crippen molar-refractivity contribution in [1.29, 1.82) is 0 Å². The number of benzene rings is 1. The van der Waals surface area contributed by atoms with Crippen LogP contribution in [0.25, 0.3) is 0 Å². The zero-order valence-corrected chi connectivity index (χ0v) is 17.0. The van der Waals surface area contributed by atoms with Gasteiger partial charge in [-0.25, -0.2) is 13.1 Å². The van der Waals surface area contributed by atoms with Gasteiger partial charge in [0.1, 0.15) is 0 Å². The Hall–Kier alpha value is -0.870. The van der Waals surface area contributed by atoms with Crippen molar-refractivity contribution < 1.29 is 8.42 Å². The highest BCUT2D eigenvalue weighted by Crippen LogP contribution is 2.10. The lowest BCUT2D eigenvalue weighted by Crippen LogP contribution is -2.38. The molecule has 23 heavy (non-hydrogen) atoms. The predicted molar refractivity (Wildman–Crippen MR) is 107 cm³/mol. The third-order valence-corrected chi connectivity index (χ3v) is 3.69. The van der Waals surface area contributed by atoms with Crippen LogP contribution in [0, 0.1) is 0 Å². The van der Waals surface area contributed by atoms with Gasteiger partial charge in [0.2, 0.25) is 10.0 Å². The van der Waals surface area contributed by atoms with Crippen molar-refractivity contribution in [3.05, 3.63) is 35.9 Å². The van der Waals surface area contributed by atoms with Gasteiger partial charge in [0.25, 0.3) is 0 Å². The highest BCUT2D eigenvalue weighted by atomic mass is 127. The fourth-order valence-corrected chi connectivity index (χ4v) is 2.39. The molecule has 1 rings (SSSR count). The second kappa shape index (κ2) is 11.6. The molecule has 0 saturated carbocycles. The van der Waals surface area contributed by atoms with Gasteiger partial charge in [0, 0.05) is 19.6 Å². The first kappa shape index (κ1) is 22.1. The Labute approximate surface area is 156 Å². The third kappa shape index (κ3) is 10.5. The van der Waals surface area contributed by atoms with Crippen molar-refractivity contribution in [1.82, 2.24) is 15.4 Å². The Kier molecular flexibility index (Phi) is 11.2. The summed E-state index contributed by atoms with van der Waals surface area (Å²) in [5.41, 5.74) is 1.19. The maximum absolute atomic E-state index is 11.0. The van der Waals surface area contributed by atoms with Crippen LogP contribution in [-0.4, -0.2) is 40.3 Å². The molecule has 0 aromatic heterocycles. The van der Waals surface area contributed by atoms with Crippen molar-refractivity contribution in [2.24, 2.45) is 4.99 Å². The molecule has 8 heteroatoms. The van der Waals surface area contributed by atoms with Crippen LogP contribution in [0.3, 0.4) is 0 Å². The van der Waals surface area contributed by atoms with Gasteiger partial charge in [0.15, 0.2) is 5.96 Å². The Morgan fingerprint density at radius 3 is 2.48 bits per heavy atom. The highest BCUT2D eigenvalue weighted by molar-refractivity contribution is 14.0. The minimum Gasteiger partial charge on any atom is -0.357 e. The molecule has 0 amide bonds. The highest BCUT2D eigenvalue weighted by Gasteiger charge is 2.06. The molecule has 1 atom stereocenters. The molecular weight excluding hydrogens is 427 g/mol. The Balaban J connectivity index is 0.00000484. The summed E-state index contributed by atoms with van der Waals surface area (Å²) in [6, 6.07) is 10.3. The summed E-state index contributed by atoms with van der Waals surface area (Å²) < 4.78 is 24.4. The molecule has 0 spiro atoms. The summed E-state index contributed by atoms with van der Waals surface area (Å²) in [5, 5.41) is 6.53. The molecule has 0 aliphatic carbocycles. The van der Waals surface area contributed by atoms with Gasteiger partial charge < -0.3 is 10.6 Å². The molecule has 0 radical (unpaired) electrons. The van der Waals surface area contributed by atoms with Crippen molar-refractivity contribution in [2.45, 2.75) is 26.3 Å². The van der Waals surface area contributed by atoms with Gasteiger partial charge in [-0.3, -0.25) is 4.99 Å². The van der Waals surface area contributed by atoms with Crippen molar-refractivity contribution in [3.8, 4) is 0 Å². The summed E-state index contributed by atoms with van der Waals surface area (Å²) in [7, 11) is -3.12. The second-order valence-electron chi connectivity index (χ2n) is 5.06. The smallest absolute Gasteiger partial charge is 0.208 e. The average Bonchev–Trinajstić information content (AvgIpc) is 2.46. The van der Waals surface area contributed by atoms with E-state index in [2.05, 4.69) is 39.4 Å². The lowest BCUT2D eigenvalue weighted by Gasteiger charge is -2.18. The Morgan fingerprint density at radius 2 is 1.91 bits per heavy atom. The largest absolute Gasteiger partial charge is 0.357 e. The molecule has 1 unspecified atom stereocenters. The summed E-state index contributed by atoms with van der Waals surface area (Å²) in [4.78, 5) is 4.46. The van der Waals surface area contributed by atoms with Crippen LogP contribution >= 0.6 is 24.0 Å². The minimum atomic E-state index is -3.12. The van der Waals surface area contributed by atoms with Crippen molar-refractivity contribution >= 4 is 40.0 Å². The van der Waals surface area contributed by atoms with Crippen LogP contribution in [0.5, 0.6) is 0 Å². The van der Waals surface area contributed by atoms with E-state index in [1.54, 1.807) is 0 Å². The zero-order valence-electron chi connectivity index (χ0n) is 13.9. The molecule has 0 heterocycles. The molecular formula is C15H27IN4O2S. The molecule has 132 valence electrons. The third-order valence-electron chi connectivity index (χ3n) is 2.97. The Morgan fingerprint density at radius 1 is 1.26 bits per heavy atom. The lowest BCUT2D eigenvalue weighted by molar-refractivity contribution is 0.585. The van der Waals surface area contributed by atoms with Gasteiger partial charge in [-0.2, -0.15) is 0 Å². The Bertz CT molecular complexity index is 564. The number of sulfonamides is 1. The van der Waals surface area contributed by atoms with Crippen LogP contribution < -0.4 is 15.4 Å². The zero-order chi connectivity index (χ0) is 16.4. The predicted octanol–water partition coefficient (Wildman–Crippen LogP) is 1.86. The van der Waals surface area contributed by atoms with E-state index >= 15 is 0 Å². The summed E-state index contributed by atoms with van der Waals surface area (Å²) in [6.45, 7) is 5.81. The topological polar surface area (TPSA) is 82.6 Å². The molecule has 3 N–H and O–H groups in total. The van der Waals surface area contributed by atoms with E-state index in [1.807, 2.05) is 25.1 Å². The van der Waals surface area contributed by atoms with Crippen molar-refractivity contribution in [2.75, 3.05) is 25.9 Å². The quantitative estimate of drug-likeness (QED) is 0.243. The monoisotopic (exact) mass is 454 g/mol. The normalized spacial score (nSPS) is 13.1. The number of nitrogens with zero attached hydrogens (tertiary/aromatic N) is 1. The molecule has 6 nitrogen and oxygen atoms in total. The van der Waals surface area contributed by atoms with E-state index in [0.29, 0.717) is 19.5 Å². The van der Waals surface area contributed by atoms with E-state index in [0.717, 1.165) is 18.8 Å². The standard InChI is InChI=1S/C15H26N4O2S.HI/c1-4-16-15(17-11-8-12-18-22(3,20)21)19-13(2)14-9-6-5-7-10-14;/h5-7,9-10,13,18H,4,8,11-12H2,1-3H3,(H2,16,17,19);1H.